The van der Waals surface area contributed by atoms with E-state index in [0.29, 0.717) is 17.5 Å². The monoisotopic (exact) mass is 302 g/mol. The van der Waals surface area contributed by atoms with Gasteiger partial charge in [0.05, 0.1) is 0 Å². The second kappa shape index (κ2) is 6.35. The lowest BCUT2D eigenvalue weighted by Gasteiger charge is -2.49. The number of halogens is 1. The highest BCUT2D eigenvalue weighted by Gasteiger charge is 2.37. The first-order chi connectivity index (χ1) is 7.94. The van der Waals surface area contributed by atoms with Crippen LogP contribution in [0.3, 0.4) is 0 Å². The summed E-state index contributed by atoms with van der Waals surface area (Å²) in [5, 5.41) is 3.78. The van der Waals surface area contributed by atoms with Crippen LogP contribution >= 0.6 is 15.9 Å². The zero-order chi connectivity index (χ0) is 13.1. The second-order valence-electron chi connectivity index (χ2n) is 5.60. The molecule has 0 amide bonds. The molecule has 1 unspecified atom stereocenters. The molecule has 1 rings (SSSR count). The number of hydrogen-bond donors (Lipinski definition) is 1. The lowest BCUT2D eigenvalue weighted by Crippen LogP contribution is -2.65. The van der Waals surface area contributed by atoms with Gasteiger partial charge in [0.2, 0.25) is 0 Å². The number of nitrogens with one attached hydrogen (secondary N) is 1. The molecule has 1 heterocycles. The first kappa shape index (κ1) is 15.2. The van der Waals surface area contributed by atoms with Crippen molar-refractivity contribution >= 4 is 15.9 Å². The third-order valence-corrected chi connectivity index (χ3v) is 4.41. The molecule has 17 heavy (non-hydrogen) atoms. The average Bonchev–Trinajstić information content (AvgIpc) is 2.27. The Hall–Kier alpha value is 0.140. The van der Waals surface area contributed by atoms with Gasteiger partial charge in [-0.3, -0.25) is 4.90 Å². The van der Waals surface area contributed by atoms with E-state index in [4.69, 9.17) is 0 Å². The molecule has 1 aliphatic heterocycles. The summed E-state index contributed by atoms with van der Waals surface area (Å²) in [6.45, 7) is 16.4. The Morgan fingerprint density at radius 3 is 2.47 bits per heavy atom. The summed E-state index contributed by atoms with van der Waals surface area (Å²) >= 11 is 3.51. The van der Waals surface area contributed by atoms with Crippen molar-refractivity contribution in [2.24, 2.45) is 5.92 Å². The van der Waals surface area contributed by atoms with Gasteiger partial charge in [0.25, 0.3) is 0 Å². The van der Waals surface area contributed by atoms with Gasteiger partial charge in [-0.25, -0.2) is 0 Å². The highest BCUT2D eigenvalue weighted by molar-refractivity contribution is 9.11. The van der Waals surface area contributed by atoms with Crippen LogP contribution < -0.4 is 5.32 Å². The van der Waals surface area contributed by atoms with Gasteiger partial charge in [-0.1, -0.05) is 50.2 Å². The molecule has 1 atom stereocenters. The molecule has 2 nitrogen and oxygen atoms in total. The van der Waals surface area contributed by atoms with Crippen molar-refractivity contribution in [3.05, 3.63) is 11.1 Å². The maximum Gasteiger partial charge on any atom is 0.0304 e. The van der Waals surface area contributed by atoms with Crippen LogP contribution in [0.15, 0.2) is 11.1 Å². The third kappa shape index (κ3) is 3.80. The zero-order valence-electron chi connectivity index (χ0n) is 11.7. The second-order valence-corrected chi connectivity index (χ2v) is 6.72. The quantitative estimate of drug-likeness (QED) is 0.837. The van der Waals surface area contributed by atoms with Crippen LogP contribution in [0.25, 0.3) is 0 Å². The molecule has 0 aromatic heterocycles. The van der Waals surface area contributed by atoms with Crippen molar-refractivity contribution in [1.29, 1.82) is 0 Å². The van der Waals surface area contributed by atoms with E-state index < -0.39 is 0 Å². The normalized spacial score (nSPS) is 25.2. The van der Waals surface area contributed by atoms with E-state index >= 15 is 0 Å². The summed E-state index contributed by atoms with van der Waals surface area (Å²) in [6.07, 6.45) is 2.39. The Labute approximate surface area is 115 Å². The van der Waals surface area contributed by atoms with Gasteiger partial charge in [-0.15, -0.1) is 0 Å². The Morgan fingerprint density at radius 2 is 2.06 bits per heavy atom. The number of nitrogens with zero attached hydrogens (tertiary/aromatic N) is 1. The van der Waals surface area contributed by atoms with Gasteiger partial charge in [0.15, 0.2) is 0 Å². The van der Waals surface area contributed by atoms with E-state index in [2.05, 4.69) is 60.4 Å². The summed E-state index contributed by atoms with van der Waals surface area (Å²) in [5.74, 6) is 0.682. The first-order valence-corrected chi connectivity index (χ1v) is 7.55. The molecule has 0 spiro atoms. The largest absolute Gasteiger partial charge is 0.308 e. The minimum atomic E-state index is 0.299. The predicted octanol–water partition coefficient (Wildman–Crippen LogP) is 3.38. The van der Waals surface area contributed by atoms with Gasteiger partial charge >= 0.3 is 0 Å². The lowest BCUT2D eigenvalue weighted by molar-refractivity contribution is 0.0597. The summed E-state index contributed by atoms with van der Waals surface area (Å²) in [7, 11) is 0. The highest BCUT2D eigenvalue weighted by Crippen LogP contribution is 2.26. The van der Waals surface area contributed by atoms with Gasteiger partial charge in [-0.2, -0.15) is 0 Å². The smallest absolute Gasteiger partial charge is 0.0304 e. The van der Waals surface area contributed by atoms with Crippen molar-refractivity contribution in [3.63, 3.8) is 0 Å². The van der Waals surface area contributed by atoms with Crippen molar-refractivity contribution in [1.82, 2.24) is 10.2 Å². The van der Waals surface area contributed by atoms with Crippen molar-refractivity contribution < 1.29 is 0 Å². The molecular weight excluding hydrogens is 276 g/mol. The highest BCUT2D eigenvalue weighted by atomic mass is 79.9. The van der Waals surface area contributed by atoms with Gasteiger partial charge in [0, 0.05) is 35.7 Å². The van der Waals surface area contributed by atoms with E-state index in [1.54, 1.807) is 0 Å². The molecule has 0 radical (unpaired) electrons. The Bertz CT molecular complexity index is 259. The zero-order valence-corrected chi connectivity index (χ0v) is 13.3. The van der Waals surface area contributed by atoms with Crippen LogP contribution in [-0.4, -0.2) is 36.1 Å². The van der Waals surface area contributed by atoms with Gasteiger partial charge in [0.1, 0.15) is 0 Å². The van der Waals surface area contributed by atoms with Crippen molar-refractivity contribution in [2.75, 3.05) is 19.6 Å². The van der Waals surface area contributed by atoms with Gasteiger partial charge < -0.3 is 5.32 Å². The molecular formula is C14H27BrN2. The van der Waals surface area contributed by atoms with Crippen molar-refractivity contribution in [2.45, 2.75) is 52.1 Å². The first-order valence-electron chi connectivity index (χ1n) is 6.76. The summed E-state index contributed by atoms with van der Waals surface area (Å²) in [4.78, 5) is 2.59. The maximum absolute atomic E-state index is 4.00. The average molecular weight is 303 g/mol. The van der Waals surface area contributed by atoms with Gasteiger partial charge in [-0.05, 0) is 18.8 Å². The summed E-state index contributed by atoms with van der Waals surface area (Å²) in [6, 6.07) is 0.621. The fraction of sp³-hybridized carbons (Fsp3) is 0.857. The van der Waals surface area contributed by atoms with E-state index in [1.165, 1.54) is 12.8 Å². The molecule has 0 aromatic rings. The topological polar surface area (TPSA) is 15.3 Å². The van der Waals surface area contributed by atoms with Crippen molar-refractivity contribution in [3.8, 4) is 0 Å². The van der Waals surface area contributed by atoms with E-state index in [1.807, 2.05) is 0 Å². The summed E-state index contributed by atoms with van der Waals surface area (Å²) < 4.78 is 1.09. The number of piperazine rings is 1. The molecule has 0 aliphatic carbocycles. The minimum Gasteiger partial charge on any atom is -0.308 e. The molecule has 1 N–H and O–H groups in total. The Morgan fingerprint density at radius 1 is 1.47 bits per heavy atom. The van der Waals surface area contributed by atoms with E-state index in [-0.39, 0.29) is 0 Å². The van der Waals surface area contributed by atoms with E-state index in [9.17, 15) is 0 Å². The minimum absolute atomic E-state index is 0.299. The maximum atomic E-state index is 4.00. The molecule has 0 bridgehead atoms. The van der Waals surface area contributed by atoms with E-state index in [0.717, 1.165) is 24.1 Å². The molecule has 100 valence electrons. The molecule has 1 aliphatic rings. The Balaban J connectivity index is 2.79. The van der Waals surface area contributed by atoms with Crippen LogP contribution in [-0.2, 0) is 0 Å². The predicted molar refractivity (Wildman–Crippen MR) is 79.6 cm³/mol. The van der Waals surface area contributed by atoms with Crippen LogP contribution in [0.5, 0.6) is 0 Å². The van der Waals surface area contributed by atoms with Crippen LogP contribution in [0.4, 0.5) is 0 Å². The SMILES string of the molecule is C=C(Br)CN1CC(CC)(CC)NCC1C(C)C. The Kier molecular flexibility index (Phi) is 5.68. The lowest BCUT2D eigenvalue weighted by atomic mass is 9.86. The summed E-state index contributed by atoms with van der Waals surface area (Å²) in [5.41, 5.74) is 0.299. The molecule has 0 saturated carbocycles. The molecule has 1 fully saturated rings. The number of hydrogen-bond acceptors (Lipinski definition) is 2. The van der Waals surface area contributed by atoms with Crippen LogP contribution in [0.2, 0.25) is 0 Å². The fourth-order valence-electron chi connectivity index (χ4n) is 2.79. The third-order valence-electron chi connectivity index (χ3n) is 4.16. The molecule has 1 saturated heterocycles. The number of rotatable bonds is 5. The standard InChI is InChI=1S/C14H27BrN2/c1-6-14(7-2)10-17(9-12(5)15)13(8-16-14)11(3)4/h11,13,16H,5-10H2,1-4H3. The van der Waals surface area contributed by atoms with Crippen LogP contribution in [0, 0.1) is 5.92 Å². The fourth-order valence-corrected chi connectivity index (χ4v) is 3.11. The van der Waals surface area contributed by atoms with Crippen LogP contribution in [0.1, 0.15) is 40.5 Å². The molecule has 3 heteroatoms. The molecule has 0 aromatic carbocycles.